The SMILES string of the molecule is CCN(CCCN)C(=O)c1cccnc1C. The van der Waals surface area contributed by atoms with E-state index in [-0.39, 0.29) is 5.91 Å². The molecule has 0 atom stereocenters. The Bertz CT molecular complexity index is 352. The number of rotatable bonds is 5. The molecule has 0 fully saturated rings. The molecule has 16 heavy (non-hydrogen) atoms. The Hall–Kier alpha value is -1.42. The maximum Gasteiger partial charge on any atom is 0.255 e. The van der Waals surface area contributed by atoms with Crippen LogP contribution < -0.4 is 5.73 Å². The summed E-state index contributed by atoms with van der Waals surface area (Å²) < 4.78 is 0. The van der Waals surface area contributed by atoms with E-state index in [0.717, 1.165) is 12.1 Å². The van der Waals surface area contributed by atoms with Gasteiger partial charge in [-0.05, 0) is 38.9 Å². The summed E-state index contributed by atoms with van der Waals surface area (Å²) in [5.41, 5.74) is 6.91. The van der Waals surface area contributed by atoms with Crippen LogP contribution in [0.4, 0.5) is 0 Å². The van der Waals surface area contributed by atoms with Crippen LogP contribution in [0.1, 0.15) is 29.4 Å². The van der Waals surface area contributed by atoms with Gasteiger partial charge in [0.15, 0.2) is 0 Å². The molecule has 1 amide bonds. The number of nitrogens with zero attached hydrogens (tertiary/aromatic N) is 2. The van der Waals surface area contributed by atoms with Crippen LogP contribution in [0.15, 0.2) is 18.3 Å². The quantitative estimate of drug-likeness (QED) is 0.812. The number of nitrogens with two attached hydrogens (primary N) is 1. The van der Waals surface area contributed by atoms with E-state index in [1.54, 1.807) is 17.2 Å². The van der Waals surface area contributed by atoms with Gasteiger partial charge in [0.2, 0.25) is 0 Å². The van der Waals surface area contributed by atoms with Gasteiger partial charge in [0.1, 0.15) is 0 Å². The topological polar surface area (TPSA) is 59.2 Å². The van der Waals surface area contributed by atoms with Gasteiger partial charge >= 0.3 is 0 Å². The summed E-state index contributed by atoms with van der Waals surface area (Å²) in [7, 11) is 0. The Morgan fingerprint density at radius 1 is 1.56 bits per heavy atom. The molecule has 1 heterocycles. The maximum atomic E-state index is 12.1. The number of carbonyl (C=O) groups is 1. The van der Waals surface area contributed by atoms with Crippen LogP contribution in [0.3, 0.4) is 0 Å². The van der Waals surface area contributed by atoms with Crippen LogP contribution in [0.2, 0.25) is 0 Å². The van der Waals surface area contributed by atoms with Crippen LogP contribution in [0.25, 0.3) is 0 Å². The van der Waals surface area contributed by atoms with Gasteiger partial charge in [-0.1, -0.05) is 0 Å². The van der Waals surface area contributed by atoms with Gasteiger partial charge < -0.3 is 10.6 Å². The van der Waals surface area contributed by atoms with Crippen molar-refractivity contribution in [1.82, 2.24) is 9.88 Å². The van der Waals surface area contributed by atoms with E-state index in [9.17, 15) is 4.79 Å². The predicted molar refractivity (Wildman–Crippen MR) is 64.2 cm³/mol. The lowest BCUT2D eigenvalue weighted by molar-refractivity contribution is 0.0762. The fraction of sp³-hybridized carbons (Fsp3) is 0.500. The number of amides is 1. The molecule has 1 aromatic rings. The lowest BCUT2D eigenvalue weighted by atomic mass is 10.1. The fourth-order valence-electron chi connectivity index (χ4n) is 1.57. The third kappa shape index (κ3) is 3.03. The monoisotopic (exact) mass is 221 g/mol. The summed E-state index contributed by atoms with van der Waals surface area (Å²) in [6, 6.07) is 3.60. The van der Waals surface area contributed by atoms with Gasteiger partial charge in [-0.15, -0.1) is 0 Å². The van der Waals surface area contributed by atoms with E-state index < -0.39 is 0 Å². The van der Waals surface area contributed by atoms with E-state index in [4.69, 9.17) is 5.73 Å². The smallest absolute Gasteiger partial charge is 0.255 e. The van der Waals surface area contributed by atoms with E-state index in [1.807, 2.05) is 19.9 Å². The minimum Gasteiger partial charge on any atom is -0.339 e. The minimum absolute atomic E-state index is 0.0431. The number of hydrogen-bond donors (Lipinski definition) is 1. The van der Waals surface area contributed by atoms with Crippen molar-refractivity contribution in [3.8, 4) is 0 Å². The van der Waals surface area contributed by atoms with Crippen molar-refractivity contribution >= 4 is 5.91 Å². The first-order valence-electron chi connectivity index (χ1n) is 5.61. The number of carbonyl (C=O) groups excluding carboxylic acids is 1. The lowest BCUT2D eigenvalue weighted by Crippen LogP contribution is -2.33. The zero-order chi connectivity index (χ0) is 12.0. The molecule has 0 aromatic carbocycles. The molecular formula is C12H19N3O. The van der Waals surface area contributed by atoms with Crippen LogP contribution in [-0.2, 0) is 0 Å². The van der Waals surface area contributed by atoms with E-state index in [2.05, 4.69) is 4.98 Å². The normalized spacial score (nSPS) is 10.2. The summed E-state index contributed by atoms with van der Waals surface area (Å²) in [4.78, 5) is 18.1. The molecule has 0 aliphatic rings. The van der Waals surface area contributed by atoms with Crippen molar-refractivity contribution in [1.29, 1.82) is 0 Å². The molecule has 0 spiro atoms. The first-order chi connectivity index (χ1) is 7.70. The predicted octanol–water partition coefficient (Wildman–Crippen LogP) is 1.20. The number of pyridine rings is 1. The summed E-state index contributed by atoms with van der Waals surface area (Å²) in [5, 5.41) is 0. The summed E-state index contributed by atoms with van der Waals surface area (Å²) in [6.45, 7) is 5.84. The second-order valence-electron chi connectivity index (χ2n) is 3.66. The highest BCUT2D eigenvalue weighted by Crippen LogP contribution is 2.08. The molecule has 0 saturated carbocycles. The summed E-state index contributed by atoms with van der Waals surface area (Å²) >= 11 is 0. The average molecular weight is 221 g/mol. The molecule has 0 aliphatic heterocycles. The van der Waals surface area contributed by atoms with Gasteiger partial charge in [0.05, 0.1) is 5.56 Å². The molecular weight excluding hydrogens is 202 g/mol. The lowest BCUT2D eigenvalue weighted by Gasteiger charge is -2.21. The van der Waals surface area contributed by atoms with E-state index in [1.165, 1.54) is 0 Å². The molecule has 0 bridgehead atoms. The standard InChI is InChI=1S/C12H19N3O/c1-3-15(9-5-7-13)12(16)11-6-4-8-14-10(11)2/h4,6,8H,3,5,7,9,13H2,1-2H3. The molecule has 1 rings (SSSR count). The first-order valence-corrected chi connectivity index (χ1v) is 5.61. The van der Waals surface area contributed by atoms with E-state index >= 15 is 0 Å². The van der Waals surface area contributed by atoms with Crippen molar-refractivity contribution in [2.75, 3.05) is 19.6 Å². The van der Waals surface area contributed by atoms with Crippen LogP contribution in [0.5, 0.6) is 0 Å². The Morgan fingerprint density at radius 3 is 2.88 bits per heavy atom. The Balaban J connectivity index is 2.79. The molecule has 4 nitrogen and oxygen atoms in total. The van der Waals surface area contributed by atoms with E-state index in [0.29, 0.717) is 25.2 Å². The second kappa shape index (κ2) is 6.23. The van der Waals surface area contributed by atoms with Gasteiger partial charge in [-0.25, -0.2) is 0 Å². The number of hydrogen-bond acceptors (Lipinski definition) is 3. The zero-order valence-electron chi connectivity index (χ0n) is 9.94. The fourth-order valence-corrected chi connectivity index (χ4v) is 1.57. The third-order valence-electron chi connectivity index (χ3n) is 2.54. The third-order valence-corrected chi connectivity index (χ3v) is 2.54. The molecule has 0 saturated heterocycles. The minimum atomic E-state index is 0.0431. The van der Waals surface area contributed by atoms with Crippen molar-refractivity contribution in [2.24, 2.45) is 5.73 Å². The van der Waals surface area contributed by atoms with Crippen molar-refractivity contribution in [2.45, 2.75) is 20.3 Å². The van der Waals surface area contributed by atoms with Gasteiger partial charge in [-0.3, -0.25) is 9.78 Å². The van der Waals surface area contributed by atoms with Crippen molar-refractivity contribution < 1.29 is 4.79 Å². The van der Waals surface area contributed by atoms with Crippen molar-refractivity contribution in [3.05, 3.63) is 29.6 Å². The van der Waals surface area contributed by atoms with Crippen molar-refractivity contribution in [3.63, 3.8) is 0 Å². The van der Waals surface area contributed by atoms with Crippen LogP contribution in [-0.4, -0.2) is 35.4 Å². The molecule has 88 valence electrons. The second-order valence-corrected chi connectivity index (χ2v) is 3.66. The van der Waals surface area contributed by atoms with Gasteiger partial charge in [-0.2, -0.15) is 0 Å². The van der Waals surface area contributed by atoms with Gasteiger partial charge in [0, 0.05) is 25.0 Å². The molecule has 0 unspecified atom stereocenters. The highest BCUT2D eigenvalue weighted by molar-refractivity contribution is 5.95. The van der Waals surface area contributed by atoms with Crippen LogP contribution >= 0.6 is 0 Å². The average Bonchev–Trinajstić information content (AvgIpc) is 2.30. The Kier molecular flexibility index (Phi) is 4.92. The van der Waals surface area contributed by atoms with Crippen LogP contribution in [0, 0.1) is 6.92 Å². The van der Waals surface area contributed by atoms with Gasteiger partial charge in [0.25, 0.3) is 5.91 Å². The largest absolute Gasteiger partial charge is 0.339 e. The number of aryl methyl sites for hydroxylation is 1. The summed E-state index contributed by atoms with van der Waals surface area (Å²) in [6.07, 6.45) is 2.53. The molecule has 0 radical (unpaired) electrons. The Morgan fingerprint density at radius 2 is 2.31 bits per heavy atom. The molecule has 2 N–H and O–H groups in total. The zero-order valence-corrected chi connectivity index (χ0v) is 9.94. The number of aromatic nitrogens is 1. The maximum absolute atomic E-state index is 12.1. The molecule has 4 heteroatoms. The molecule has 1 aromatic heterocycles. The highest BCUT2D eigenvalue weighted by Gasteiger charge is 2.15. The highest BCUT2D eigenvalue weighted by atomic mass is 16.2. The Labute approximate surface area is 96.5 Å². The molecule has 0 aliphatic carbocycles. The summed E-state index contributed by atoms with van der Waals surface area (Å²) in [5.74, 6) is 0.0431. The first kappa shape index (κ1) is 12.6.